The molecule has 0 bridgehead atoms. The minimum Gasteiger partial charge on any atom is -0.399 e. The monoisotopic (exact) mass is 330 g/mol. The van der Waals surface area contributed by atoms with Gasteiger partial charge in [-0.2, -0.15) is 0 Å². The second kappa shape index (κ2) is 6.48. The average molecular weight is 331 g/mol. The molecule has 4 heteroatoms. The molecule has 0 unspecified atom stereocenters. The number of nitrogen functional groups attached to an aromatic ring is 1. The van der Waals surface area contributed by atoms with Crippen LogP contribution in [0, 0.1) is 18.0 Å². The molecule has 1 heterocycles. The normalized spacial score (nSPS) is 20.7. The zero-order valence-electron chi connectivity index (χ0n) is 14.2. The van der Waals surface area contributed by atoms with Crippen LogP contribution in [0.1, 0.15) is 51.0 Å². The molecule has 0 radical (unpaired) electrons. The molecule has 0 saturated heterocycles. The molecule has 1 aromatic heterocycles. The Labute approximate surface area is 139 Å². The molecule has 1 aliphatic rings. The molecule has 0 fully saturated rings. The third-order valence-corrected chi connectivity index (χ3v) is 11.1. The highest BCUT2D eigenvalue weighted by Gasteiger charge is 2.36. The third kappa shape index (κ3) is 2.83. The molecular weight excluding hydrogens is 304 g/mol. The minimum atomic E-state index is -1.46. The molecule has 118 valence electrons. The van der Waals surface area contributed by atoms with Crippen molar-refractivity contribution in [2.24, 2.45) is 0 Å². The maximum Gasteiger partial charge on any atom is 0.225 e. The van der Waals surface area contributed by atoms with Crippen LogP contribution in [0.3, 0.4) is 0 Å². The van der Waals surface area contributed by atoms with Crippen LogP contribution >= 0.6 is 11.3 Å². The van der Waals surface area contributed by atoms with Crippen molar-refractivity contribution in [1.29, 1.82) is 0 Å². The highest BCUT2D eigenvalue weighted by Crippen LogP contribution is 2.49. The van der Waals surface area contributed by atoms with Crippen LogP contribution in [-0.4, -0.2) is 8.07 Å². The quantitative estimate of drug-likeness (QED) is 0.441. The van der Waals surface area contributed by atoms with E-state index in [4.69, 9.17) is 12.3 Å². The van der Waals surface area contributed by atoms with Gasteiger partial charge in [0.1, 0.15) is 8.07 Å². The number of thiophene rings is 1. The van der Waals surface area contributed by atoms with Crippen LogP contribution in [0.15, 0.2) is 0 Å². The summed E-state index contributed by atoms with van der Waals surface area (Å²) >= 11 is 1.60. The first-order valence-corrected chi connectivity index (χ1v) is 11.7. The summed E-state index contributed by atoms with van der Waals surface area (Å²) in [5.74, 6) is 3.66. The maximum absolute atomic E-state index is 7.49. The lowest BCUT2D eigenvalue weighted by molar-refractivity contribution is 0.505. The van der Waals surface area contributed by atoms with Crippen LogP contribution in [0.5, 0.6) is 0 Å². The van der Waals surface area contributed by atoms with Gasteiger partial charge < -0.3 is 5.73 Å². The van der Waals surface area contributed by atoms with Gasteiger partial charge in [-0.05, 0) is 54.8 Å². The molecule has 22 heavy (non-hydrogen) atoms. The Hall–Kier alpha value is -1.23. The van der Waals surface area contributed by atoms with E-state index in [1.165, 1.54) is 23.0 Å². The minimum absolute atomic E-state index is 0.181. The predicted octanol–water partition coefficient (Wildman–Crippen LogP) is 5.53. The fourth-order valence-corrected chi connectivity index (χ4v) is 7.23. The fraction of sp³-hybridized carbons (Fsp3) is 0.611. The molecule has 2 nitrogen and oxygen atoms in total. The van der Waals surface area contributed by atoms with Gasteiger partial charge in [0.25, 0.3) is 0 Å². The Balaban J connectivity index is 2.53. The first-order chi connectivity index (χ1) is 10.4. The van der Waals surface area contributed by atoms with E-state index < -0.39 is 8.07 Å². The van der Waals surface area contributed by atoms with Gasteiger partial charge >= 0.3 is 0 Å². The van der Waals surface area contributed by atoms with E-state index in [1.807, 2.05) is 0 Å². The summed E-state index contributed by atoms with van der Waals surface area (Å²) in [7, 11) is -1.46. The summed E-state index contributed by atoms with van der Waals surface area (Å²) in [5, 5.41) is 0.680. The standard InChI is InChI=1S/C18H26N2SSi/c1-6-22(7-2,8-3)13-12-18(4)11-9-10-14-15(18)16(20-5)17(19)21-14/h6-11,19H2,1-4H3/t18-/m1/s1. The highest BCUT2D eigenvalue weighted by molar-refractivity contribution is 7.16. The summed E-state index contributed by atoms with van der Waals surface area (Å²) in [6.45, 7) is 16.6. The number of nitrogens with zero attached hydrogens (tertiary/aromatic N) is 1. The van der Waals surface area contributed by atoms with Crippen LogP contribution < -0.4 is 5.73 Å². The predicted molar refractivity (Wildman–Crippen MR) is 100 cm³/mol. The van der Waals surface area contributed by atoms with E-state index in [0.29, 0.717) is 10.7 Å². The number of hydrogen-bond donors (Lipinski definition) is 1. The second-order valence-corrected chi connectivity index (χ2v) is 12.6. The lowest BCUT2D eigenvalue weighted by Gasteiger charge is -2.31. The molecule has 0 saturated carbocycles. The Morgan fingerprint density at radius 2 is 1.95 bits per heavy atom. The van der Waals surface area contributed by atoms with Crippen molar-refractivity contribution >= 4 is 30.1 Å². The van der Waals surface area contributed by atoms with Crippen LogP contribution in [0.25, 0.3) is 4.85 Å². The Bertz CT molecular complexity index is 647. The van der Waals surface area contributed by atoms with E-state index in [-0.39, 0.29) is 5.41 Å². The summed E-state index contributed by atoms with van der Waals surface area (Å²) in [5.41, 5.74) is 11.5. The molecule has 1 aliphatic carbocycles. The second-order valence-electron chi connectivity index (χ2n) is 6.50. The maximum atomic E-state index is 7.49. The molecule has 1 atom stereocenters. The lowest BCUT2D eigenvalue weighted by Crippen LogP contribution is -2.32. The number of nitrogens with two attached hydrogens (primary N) is 1. The molecule has 1 aromatic rings. The SMILES string of the molecule is [C-]#[N+]c1c(N)sc2c1[C@@](C)(C#C[Si](CC)(CC)CC)CCC2. The highest BCUT2D eigenvalue weighted by atomic mass is 32.1. The van der Waals surface area contributed by atoms with Crippen LogP contribution in [-0.2, 0) is 11.8 Å². The smallest absolute Gasteiger partial charge is 0.225 e. The first-order valence-electron chi connectivity index (χ1n) is 8.28. The summed E-state index contributed by atoms with van der Waals surface area (Å²) in [6, 6.07) is 3.66. The van der Waals surface area contributed by atoms with E-state index in [9.17, 15) is 0 Å². The van der Waals surface area contributed by atoms with Crippen LogP contribution in [0.4, 0.5) is 10.7 Å². The molecule has 0 amide bonds. The van der Waals surface area contributed by atoms with Crippen molar-refractivity contribution < 1.29 is 0 Å². The molecule has 2 rings (SSSR count). The lowest BCUT2D eigenvalue weighted by atomic mass is 9.74. The first kappa shape index (κ1) is 17.1. The van der Waals surface area contributed by atoms with Gasteiger partial charge in [0.05, 0.1) is 11.6 Å². The number of hydrogen-bond acceptors (Lipinski definition) is 2. The summed E-state index contributed by atoms with van der Waals surface area (Å²) in [6.07, 6.45) is 3.25. The molecule has 0 aliphatic heterocycles. The molecule has 0 aromatic carbocycles. The Morgan fingerprint density at radius 3 is 2.50 bits per heavy atom. The van der Waals surface area contributed by atoms with Crippen molar-refractivity contribution in [1.82, 2.24) is 0 Å². The average Bonchev–Trinajstić information content (AvgIpc) is 2.86. The molecule has 0 spiro atoms. The topological polar surface area (TPSA) is 30.4 Å². The van der Waals surface area contributed by atoms with Crippen molar-refractivity contribution in [3.63, 3.8) is 0 Å². The molecular formula is C18H26N2SSi. The van der Waals surface area contributed by atoms with Gasteiger partial charge in [0, 0.05) is 5.41 Å². The van der Waals surface area contributed by atoms with Crippen molar-refractivity contribution in [2.75, 3.05) is 5.73 Å². The van der Waals surface area contributed by atoms with Crippen LogP contribution in [0.2, 0.25) is 18.1 Å². The Kier molecular flexibility index (Phi) is 5.05. The van der Waals surface area contributed by atoms with Crippen molar-refractivity contribution in [3.8, 4) is 11.5 Å². The zero-order valence-corrected chi connectivity index (χ0v) is 16.0. The van der Waals surface area contributed by atoms with Gasteiger partial charge in [-0.3, -0.25) is 0 Å². The number of anilines is 1. The summed E-state index contributed by atoms with van der Waals surface area (Å²) in [4.78, 5) is 5.02. The number of aryl methyl sites for hydroxylation is 1. The molecule has 2 N–H and O–H groups in total. The van der Waals surface area contributed by atoms with E-state index in [1.54, 1.807) is 11.3 Å². The Morgan fingerprint density at radius 1 is 1.32 bits per heavy atom. The summed E-state index contributed by atoms with van der Waals surface area (Å²) < 4.78 is 0. The van der Waals surface area contributed by atoms with Gasteiger partial charge in [0.2, 0.25) is 5.69 Å². The number of rotatable bonds is 3. The third-order valence-electron chi connectivity index (χ3n) is 5.36. The van der Waals surface area contributed by atoms with E-state index >= 15 is 0 Å². The van der Waals surface area contributed by atoms with Crippen molar-refractivity contribution in [2.45, 2.75) is 70.5 Å². The fourth-order valence-electron chi connectivity index (χ4n) is 3.48. The van der Waals surface area contributed by atoms with Gasteiger partial charge in [0.15, 0.2) is 0 Å². The van der Waals surface area contributed by atoms with E-state index in [0.717, 1.165) is 24.8 Å². The van der Waals surface area contributed by atoms with Crippen molar-refractivity contribution in [3.05, 3.63) is 21.9 Å². The van der Waals surface area contributed by atoms with Gasteiger partial charge in [-0.25, -0.2) is 4.85 Å². The van der Waals surface area contributed by atoms with Gasteiger partial charge in [-0.1, -0.05) is 20.8 Å². The number of fused-ring (bicyclic) bond motifs is 1. The van der Waals surface area contributed by atoms with E-state index in [2.05, 4.69) is 44.0 Å². The zero-order chi connectivity index (χ0) is 16.4. The largest absolute Gasteiger partial charge is 0.399 e. The van der Waals surface area contributed by atoms with Gasteiger partial charge in [-0.15, -0.1) is 22.8 Å².